The molecule has 1 N–H and O–H groups in total. The lowest BCUT2D eigenvalue weighted by Gasteiger charge is -1.85. The minimum atomic E-state index is -0.0323. The standard InChI is InChI=1S/C5H9ClO/c1-2-3-5(6)4-7/h3,7H,2,4H2,1H3/b5-3+. The monoisotopic (exact) mass is 120 g/mol. The van der Waals surface area contributed by atoms with Crippen LogP contribution in [0, 0.1) is 0 Å². The Labute approximate surface area is 48.6 Å². The van der Waals surface area contributed by atoms with Crippen LogP contribution in [-0.4, -0.2) is 11.7 Å². The van der Waals surface area contributed by atoms with Gasteiger partial charge in [0.05, 0.1) is 6.61 Å². The van der Waals surface area contributed by atoms with E-state index in [2.05, 4.69) is 0 Å². The number of aliphatic hydroxyl groups is 1. The summed E-state index contributed by atoms with van der Waals surface area (Å²) >= 11 is 5.38. The number of aliphatic hydroxyl groups excluding tert-OH is 1. The van der Waals surface area contributed by atoms with Crippen LogP contribution >= 0.6 is 11.6 Å². The first-order valence-electron chi connectivity index (χ1n) is 2.26. The van der Waals surface area contributed by atoms with E-state index < -0.39 is 0 Å². The third-order valence-corrected chi connectivity index (χ3v) is 0.850. The molecule has 0 aliphatic rings. The second-order valence-electron chi connectivity index (χ2n) is 1.22. The quantitative estimate of drug-likeness (QED) is 0.586. The van der Waals surface area contributed by atoms with Crippen molar-refractivity contribution in [3.63, 3.8) is 0 Å². The lowest BCUT2D eigenvalue weighted by atomic mass is 10.4. The van der Waals surface area contributed by atoms with E-state index in [1.165, 1.54) is 0 Å². The van der Waals surface area contributed by atoms with Gasteiger partial charge in [0.15, 0.2) is 0 Å². The van der Waals surface area contributed by atoms with Crippen LogP contribution < -0.4 is 0 Å². The molecular formula is C5H9ClO. The highest BCUT2D eigenvalue weighted by atomic mass is 35.5. The summed E-state index contributed by atoms with van der Waals surface area (Å²) in [5, 5.41) is 8.80. The number of hydrogen-bond donors (Lipinski definition) is 1. The van der Waals surface area contributed by atoms with Crippen molar-refractivity contribution >= 4 is 11.6 Å². The first-order chi connectivity index (χ1) is 3.31. The summed E-state index contributed by atoms with van der Waals surface area (Å²) in [6, 6.07) is 0. The minimum absolute atomic E-state index is 0.0323. The zero-order valence-electron chi connectivity index (χ0n) is 4.32. The van der Waals surface area contributed by atoms with Crippen molar-refractivity contribution in [2.75, 3.05) is 6.61 Å². The van der Waals surface area contributed by atoms with E-state index in [0.717, 1.165) is 6.42 Å². The van der Waals surface area contributed by atoms with E-state index in [-0.39, 0.29) is 6.61 Å². The van der Waals surface area contributed by atoms with E-state index in [0.29, 0.717) is 5.03 Å². The molecule has 42 valence electrons. The summed E-state index contributed by atoms with van der Waals surface area (Å²) in [5.74, 6) is 0. The van der Waals surface area contributed by atoms with Crippen molar-refractivity contribution in [2.45, 2.75) is 13.3 Å². The molecule has 2 heteroatoms. The van der Waals surface area contributed by atoms with Gasteiger partial charge in [0, 0.05) is 5.03 Å². The molecule has 1 nitrogen and oxygen atoms in total. The Balaban J connectivity index is 3.29. The molecule has 0 atom stereocenters. The maximum Gasteiger partial charge on any atom is 0.0784 e. The molecule has 0 fully saturated rings. The summed E-state index contributed by atoms with van der Waals surface area (Å²) in [5.41, 5.74) is 0. The van der Waals surface area contributed by atoms with Gasteiger partial charge in [0.2, 0.25) is 0 Å². The molecule has 0 unspecified atom stereocenters. The number of halogens is 1. The highest BCUT2D eigenvalue weighted by Gasteiger charge is 1.81. The van der Waals surface area contributed by atoms with E-state index in [4.69, 9.17) is 16.7 Å². The Morgan fingerprint density at radius 2 is 2.43 bits per heavy atom. The van der Waals surface area contributed by atoms with Gasteiger partial charge in [-0.15, -0.1) is 0 Å². The van der Waals surface area contributed by atoms with Crippen LogP contribution in [0.2, 0.25) is 0 Å². The molecule has 0 aromatic rings. The Morgan fingerprint density at radius 1 is 1.86 bits per heavy atom. The second-order valence-corrected chi connectivity index (χ2v) is 1.70. The Kier molecular flexibility index (Phi) is 4.15. The van der Waals surface area contributed by atoms with Crippen LogP contribution in [0.1, 0.15) is 13.3 Å². The fourth-order valence-electron chi connectivity index (χ4n) is 0.286. The van der Waals surface area contributed by atoms with Crippen LogP contribution in [0.4, 0.5) is 0 Å². The highest BCUT2D eigenvalue weighted by molar-refractivity contribution is 6.29. The molecule has 0 bridgehead atoms. The third kappa shape index (κ3) is 3.83. The average molecular weight is 121 g/mol. The smallest absolute Gasteiger partial charge is 0.0784 e. The molecule has 0 heterocycles. The molecule has 7 heavy (non-hydrogen) atoms. The van der Waals surface area contributed by atoms with E-state index in [9.17, 15) is 0 Å². The second kappa shape index (κ2) is 4.16. The zero-order valence-corrected chi connectivity index (χ0v) is 5.07. The van der Waals surface area contributed by atoms with Gasteiger partial charge >= 0.3 is 0 Å². The Bertz CT molecular complexity index is 68.5. The first kappa shape index (κ1) is 6.99. The van der Waals surface area contributed by atoms with Gasteiger partial charge in [-0.25, -0.2) is 0 Å². The van der Waals surface area contributed by atoms with Gasteiger partial charge in [-0.05, 0) is 6.42 Å². The van der Waals surface area contributed by atoms with Gasteiger partial charge in [-0.1, -0.05) is 24.6 Å². The summed E-state index contributed by atoms with van der Waals surface area (Å²) in [4.78, 5) is 0. The SMILES string of the molecule is CC/C=C(/Cl)CO. The Hall–Kier alpha value is -0.0100. The average Bonchev–Trinajstić information content (AvgIpc) is 1.68. The Morgan fingerprint density at radius 3 is 2.57 bits per heavy atom. The molecule has 0 radical (unpaired) electrons. The number of allylic oxidation sites excluding steroid dienone is 1. The maximum atomic E-state index is 8.27. The molecule has 0 amide bonds. The van der Waals surface area contributed by atoms with Gasteiger partial charge in [-0.3, -0.25) is 0 Å². The first-order valence-corrected chi connectivity index (χ1v) is 2.64. The summed E-state index contributed by atoms with van der Waals surface area (Å²) in [6.07, 6.45) is 2.67. The molecule has 0 spiro atoms. The van der Waals surface area contributed by atoms with E-state index >= 15 is 0 Å². The van der Waals surface area contributed by atoms with Gasteiger partial charge in [0.1, 0.15) is 0 Å². The highest BCUT2D eigenvalue weighted by Crippen LogP contribution is 1.98. The normalized spacial score (nSPS) is 12.1. The topological polar surface area (TPSA) is 20.2 Å². The minimum Gasteiger partial charge on any atom is -0.391 e. The van der Waals surface area contributed by atoms with E-state index in [1.807, 2.05) is 6.92 Å². The number of rotatable bonds is 2. The lowest BCUT2D eigenvalue weighted by Crippen LogP contribution is -1.77. The van der Waals surface area contributed by atoms with Gasteiger partial charge in [0.25, 0.3) is 0 Å². The largest absolute Gasteiger partial charge is 0.391 e. The fraction of sp³-hybridized carbons (Fsp3) is 0.600. The van der Waals surface area contributed by atoms with Crippen molar-refractivity contribution < 1.29 is 5.11 Å². The van der Waals surface area contributed by atoms with Gasteiger partial charge in [-0.2, -0.15) is 0 Å². The molecule has 0 saturated carbocycles. The molecule has 0 saturated heterocycles. The zero-order chi connectivity index (χ0) is 5.70. The molecule has 0 rings (SSSR count). The maximum absolute atomic E-state index is 8.27. The third-order valence-electron chi connectivity index (χ3n) is 0.577. The van der Waals surface area contributed by atoms with E-state index in [1.54, 1.807) is 6.08 Å². The van der Waals surface area contributed by atoms with Crippen molar-refractivity contribution in [3.8, 4) is 0 Å². The molecule has 0 aromatic carbocycles. The van der Waals surface area contributed by atoms with Crippen LogP contribution in [0.25, 0.3) is 0 Å². The van der Waals surface area contributed by atoms with Gasteiger partial charge < -0.3 is 5.11 Å². The van der Waals surface area contributed by atoms with Crippen molar-refractivity contribution in [2.24, 2.45) is 0 Å². The predicted octanol–water partition coefficient (Wildman–Crippen LogP) is 1.51. The van der Waals surface area contributed by atoms with Crippen molar-refractivity contribution in [3.05, 3.63) is 11.1 Å². The van der Waals surface area contributed by atoms with Crippen LogP contribution in [0.3, 0.4) is 0 Å². The summed E-state index contributed by atoms with van der Waals surface area (Å²) in [7, 11) is 0. The summed E-state index contributed by atoms with van der Waals surface area (Å²) < 4.78 is 0. The summed E-state index contributed by atoms with van der Waals surface area (Å²) in [6.45, 7) is 1.94. The van der Waals surface area contributed by atoms with Crippen molar-refractivity contribution in [1.82, 2.24) is 0 Å². The lowest BCUT2D eigenvalue weighted by molar-refractivity contribution is 0.338. The fourth-order valence-corrected chi connectivity index (χ4v) is 0.440. The predicted molar refractivity (Wildman–Crippen MR) is 31.3 cm³/mol. The van der Waals surface area contributed by atoms with Crippen LogP contribution in [0.15, 0.2) is 11.1 Å². The van der Waals surface area contributed by atoms with Crippen molar-refractivity contribution in [1.29, 1.82) is 0 Å². The molecule has 0 aliphatic carbocycles. The number of hydrogen-bond acceptors (Lipinski definition) is 1. The van der Waals surface area contributed by atoms with Crippen LogP contribution in [0.5, 0.6) is 0 Å². The molecule has 0 aromatic heterocycles. The molecular weight excluding hydrogens is 112 g/mol. The van der Waals surface area contributed by atoms with Crippen LogP contribution in [-0.2, 0) is 0 Å². The molecule has 0 aliphatic heterocycles.